The molecule has 0 amide bonds. The number of halogens is 1. The van der Waals surface area contributed by atoms with E-state index >= 15 is 0 Å². The summed E-state index contributed by atoms with van der Waals surface area (Å²) in [5.74, 6) is 0. The van der Waals surface area contributed by atoms with Gasteiger partial charge in [0.2, 0.25) is 0 Å². The van der Waals surface area contributed by atoms with Crippen LogP contribution in [0.5, 0.6) is 0 Å². The quantitative estimate of drug-likeness (QED) is 0.876. The van der Waals surface area contributed by atoms with Crippen molar-refractivity contribution < 1.29 is 0 Å². The Balaban J connectivity index is 2.17. The van der Waals surface area contributed by atoms with E-state index in [0.717, 1.165) is 31.6 Å². The molecule has 17 heavy (non-hydrogen) atoms. The summed E-state index contributed by atoms with van der Waals surface area (Å²) in [5, 5.41) is 13.4. The molecule has 1 heterocycles. The summed E-state index contributed by atoms with van der Waals surface area (Å²) in [4.78, 5) is 2.18. The highest BCUT2D eigenvalue weighted by atomic mass is 35.5. The van der Waals surface area contributed by atoms with Crippen LogP contribution in [0.4, 0.5) is 5.69 Å². The van der Waals surface area contributed by atoms with Gasteiger partial charge in [-0.05, 0) is 44.6 Å². The first-order valence-corrected chi connectivity index (χ1v) is 6.15. The van der Waals surface area contributed by atoms with Crippen molar-refractivity contribution in [2.75, 3.05) is 25.5 Å². The monoisotopic (exact) mass is 249 g/mol. The largest absolute Gasteiger partial charge is 0.366 e. The first-order chi connectivity index (χ1) is 8.13. The number of rotatable bonds is 2. The Hall–Kier alpha value is -1.24. The molecule has 0 saturated carbocycles. The minimum absolute atomic E-state index is 0.488. The highest BCUT2D eigenvalue weighted by Crippen LogP contribution is 2.26. The molecular formula is C13H16ClN3. The first kappa shape index (κ1) is 12.2. The van der Waals surface area contributed by atoms with Crippen molar-refractivity contribution in [3.63, 3.8) is 0 Å². The molecule has 1 aliphatic heterocycles. The molecule has 4 heteroatoms. The normalized spacial score (nSPS) is 25.2. The Morgan fingerprint density at radius 1 is 1.53 bits per heavy atom. The summed E-state index contributed by atoms with van der Waals surface area (Å²) in [6, 6.07) is 9.94. The van der Waals surface area contributed by atoms with Gasteiger partial charge in [-0.25, -0.2) is 0 Å². The van der Waals surface area contributed by atoms with E-state index in [1.54, 1.807) is 0 Å². The average molecular weight is 250 g/mol. The van der Waals surface area contributed by atoms with Gasteiger partial charge in [0.05, 0.1) is 6.07 Å². The lowest BCUT2D eigenvalue weighted by Crippen LogP contribution is -2.50. The molecule has 1 unspecified atom stereocenters. The number of benzene rings is 1. The van der Waals surface area contributed by atoms with E-state index in [1.807, 2.05) is 31.3 Å². The molecule has 1 aliphatic rings. The Morgan fingerprint density at radius 3 is 3.00 bits per heavy atom. The lowest BCUT2D eigenvalue weighted by molar-refractivity contribution is 0.227. The van der Waals surface area contributed by atoms with Gasteiger partial charge in [0.15, 0.2) is 0 Å². The summed E-state index contributed by atoms with van der Waals surface area (Å²) >= 11 is 5.95. The number of nitrogens with zero attached hydrogens (tertiary/aromatic N) is 2. The fraction of sp³-hybridized carbons (Fsp3) is 0.462. The minimum atomic E-state index is -0.488. The van der Waals surface area contributed by atoms with Crippen LogP contribution in [-0.4, -0.2) is 30.6 Å². The molecule has 1 N–H and O–H groups in total. The average Bonchev–Trinajstić information content (AvgIpc) is 2.29. The van der Waals surface area contributed by atoms with Crippen LogP contribution < -0.4 is 5.32 Å². The second-order valence-electron chi connectivity index (χ2n) is 4.67. The standard InChI is InChI=1S/C13H16ClN3/c1-17-7-3-6-13(9-15,10-17)16-12-5-2-4-11(14)8-12/h2,4-5,8,16H,3,6-7,10H2,1H3. The van der Waals surface area contributed by atoms with Gasteiger partial charge in [0.25, 0.3) is 0 Å². The van der Waals surface area contributed by atoms with E-state index in [0.29, 0.717) is 5.02 Å². The van der Waals surface area contributed by atoms with Crippen molar-refractivity contribution in [2.45, 2.75) is 18.4 Å². The van der Waals surface area contributed by atoms with E-state index in [9.17, 15) is 5.26 Å². The zero-order valence-electron chi connectivity index (χ0n) is 9.91. The molecule has 2 rings (SSSR count). The molecule has 3 nitrogen and oxygen atoms in total. The van der Waals surface area contributed by atoms with Gasteiger partial charge in [0, 0.05) is 17.3 Å². The molecule has 1 fully saturated rings. The van der Waals surface area contributed by atoms with Crippen LogP contribution in [-0.2, 0) is 0 Å². The van der Waals surface area contributed by atoms with E-state index in [4.69, 9.17) is 11.6 Å². The molecule has 0 bridgehead atoms. The summed E-state index contributed by atoms with van der Waals surface area (Å²) in [6.07, 6.45) is 1.91. The molecule has 0 aliphatic carbocycles. The Kier molecular flexibility index (Phi) is 3.56. The summed E-state index contributed by atoms with van der Waals surface area (Å²) in [6.45, 7) is 1.80. The van der Waals surface area contributed by atoms with Gasteiger partial charge in [0.1, 0.15) is 5.54 Å². The number of nitrogens with one attached hydrogen (secondary N) is 1. The van der Waals surface area contributed by atoms with Crippen molar-refractivity contribution >= 4 is 17.3 Å². The van der Waals surface area contributed by atoms with Crippen LogP contribution >= 0.6 is 11.6 Å². The molecule has 0 aromatic heterocycles. The fourth-order valence-corrected chi connectivity index (χ4v) is 2.52. The highest BCUT2D eigenvalue weighted by molar-refractivity contribution is 6.30. The predicted octanol–water partition coefficient (Wildman–Crippen LogP) is 2.74. The second kappa shape index (κ2) is 4.95. The lowest BCUT2D eigenvalue weighted by atomic mass is 9.90. The summed E-state index contributed by atoms with van der Waals surface area (Å²) in [7, 11) is 2.05. The van der Waals surface area contributed by atoms with Gasteiger partial charge in [-0.2, -0.15) is 5.26 Å². The second-order valence-corrected chi connectivity index (χ2v) is 5.11. The van der Waals surface area contributed by atoms with E-state index < -0.39 is 5.54 Å². The zero-order valence-corrected chi connectivity index (χ0v) is 10.7. The zero-order chi connectivity index (χ0) is 12.3. The Labute approximate surface area is 107 Å². The van der Waals surface area contributed by atoms with Crippen molar-refractivity contribution in [3.8, 4) is 6.07 Å². The van der Waals surface area contributed by atoms with Crippen molar-refractivity contribution in [3.05, 3.63) is 29.3 Å². The SMILES string of the molecule is CN1CCCC(C#N)(Nc2cccc(Cl)c2)C1. The lowest BCUT2D eigenvalue weighted by Gasteiger charge is -2.37. The predicted molar refractivity (Wildman–Crippen MR) is 70.1 cm³/mol. The van der Waals surface area contributed by atoms with Crippen molar-refractivity contribution in [1.82, 2.24) is 4.90 Å². The molecular weight excluding hydrogens is 234 g/mol. The molecule has 1 saturated heterocycles. The van der Waals surface area contributed by atoms with E-state index in [2.05, 4.69) is 16.3 Å². The highest BCUT2D eigenvalue weighted by Gasteiger charge is 2.34. The van der Waals surface area contributed by atoms with Gasteiger partial charge < -0.3 is 10.2 Å². The molecule has 1 aromatic carbocycles. The fourth-order valence-electron chi connectivity index (χ4n) is 2.33. The van der Waals surface area contributed by atoms with Crippen molar-refractivity contribution in [2.24, 2.45) is 0 Å². The molecule has 90 valence electrons. The number of likely N-dealkylation sites (tertiary alicyclic amines) is 1. The number of piperidine rings is 1. The van der Waals surface area contributed by atoms with Gasteiger partial charge >= 0.3 is 0 Å². The third-order valence-corrected chi connectivity index (χ3v) is 3.34. The van der Waals surface area contributed by atoms with E-state index in [1.165, 1.54) is 0 Å². The topological polar surface area (TPSA) is 39.1 Å². The van der Waals surface area contributed by atoms with Gasteiger partial charge in [-0.15, -0.1) is 0 Å². The number of hydrogen-bond acceptors (Lipinski definition) is 3. The first-order valence-electron chi connectivity index (χ1n) is 5.77. The number of anilines is 1. The summed E-state index contributed by atoms with van der Waals surface area (Å²) in [5.41, 5.74) is 0.423. The molecule has 1 atom stereocenters. The van der Waals surface area contributed by atoms with Crippen molar-refractivity contribution in [1.29, 1.82) is 5.26 Å². The Bertz CT molecular complexity index is 441. The maximum Gasteiger partial charge on any atom is 0.138 e. The smallest absolute Gasteiger partial charge is 0.138 e. The van der Waals surface area contributed by atoms with Crippen LogP contribution in [0.1, 0.15) is 12.8 Å². The third kappa shape index (κ3) is 2.91. The van der Waals surface area contributed by atoms with E-state index in [-0.39, 0.29) is 0 Å². The number of likely N-dealkylation sites (N-methyl/N-ethyl adjacent to an activating group) is 1. The van der Waals surface area contributed by atoms with Crippen LogP contribution in [0.15, 0.2) is 24.3 Å². The number of nitriles is 1. The minimum Gasteiger partial charge on any atom is -0.366 e. The maximum absolute atomic E-state index is 9.42. The molecule has 0 spiro atoms. The van der Waals surface area contributed by atoms with Crippen LogP contribution in [0.25, 0.3) is 0 Å². The summed E-state index contributed by atoms with van der Waals surface area (Å²) < 4.78 is 0. The van der Waals surface area contributed by atoms with Gasteiger partial charge in [-0.1, -0.05) is 17.7 Å². The van der Waals surface area contributed by atoms with Crippen LogP contribution in [0.3, 0.4) is 0 Å². The van der Waals surface area contributed by atoms with Gasteiger partial charge in [-0.3, -0.25) is 0 Å². The van der Waals surface area contributed by atoms with Crippen LogP contribution in [0, 0.1) is 11.3 Å². The van der Waals surface area contributed by atoms with Crippen LogP contribution in [0.2, 0.25) is 5.02 Å². The Morgan fingerprint density at radius 2 is 2.35 bits per heavy atom. The number of hydrogen-bond donors (Lipinski definition) is 1. The molecule has 1 aromatic rings. The maximum atomic E-state index is 9.42. The third-order valence-electron chi connectivity index (χ3n) is 3.11. The molecule has 0 radical (unpaired) electrons.